The van der Waals surface area contributed by atoms with Crippen molar-refractivity contribution in [3.8, 4) is 5.75 Å². The molecule has 0 fully saturated rings. The summed E-state index contributed by atoms with van der Waals surface area (Å²) < 4.78 is 16.9. The van der Waals surface area contributed by atoms with E-state index in [-0.39, 0.29) is 5.43 Å². The standard InChI is InChI=1S/C23H22O5/c1-14-19(12-10-17-8-6-5-7-9-17)28-23-18(22(14)25)11-13-20(26-4)21(23)15(2)27-16(3)24/h5-13,15H,1-4H3/b12-10+. The van der Waals surface area contributed by atoms with Crippen LogP contribution in [0.4, 0.5) is 0 Å². The van der Waals surface area contributed by atoms with E-state index in [1.165, 1.54) is 14.0 Å². The second-order valence-electron chi connectivity index (χ2n) is 6.47. The third-order valence-electron chi connectivity index (χ3n) is 4.52. The predicted molar refractivity (Wildman–Crippen MR) is 109 cm³/mol. The zero-order chi connectivity index (χ0) is 20.3. The average Bonchev–Trinajstić information content (AvgIpc) is 2.68. The molecule has 2 aromatic carbocycles. The maximum atomic E-state index is 12.9. The molecule has 0 spiro atoms. The van der Waals surface area contributed by atoms with Gasteiger partial charge in [0.15, 0.2) is 5.43 Å². The lowest BCUT2D eigenvalue weighted by Crippen LogP contribution is -2.12. The quantitative estimate of drug-likeness (QED) is 0.591. The Morgan fingerprint density at radius 2 is 1.82 bits per heavy atom. The number of carbonyl (C=O) groups is 1. The highest BCUT2D eigenvalue weighted by Crippen LogP contribution is 2.35. The van der Waals surface area contributed by atoms with Crippen LogP contribution in [0.2, 0.25) is 0 Å². The van der Waals surface area contributed by atoms with Crippen molar-refractivity contribution >= 4 is 29.1 Å². The molecule has 144 valence electrons. The molecular weight excluding hydrogens is 356 g/mol. The lowest BCUT2D eigenvalue weighted by Gasteiger charge is -2.17. The van der Waals surface area contributed by atoms with E-state index in [9.17, 15) is 9.59 Å². The largest absolute Gasteiger partial charge is 0.496 e. The van der Waals surface area contributed by atoms with Crippen LogP contribution >= 0.6 is 0 Å². The minimum absolute atomic E-state index is 0.132. The molecule has 5 heteroatoms. The maximum absolute atomic E-state index is 12.9. The zero-order valence-electron chi connectivity index (χ0n) is 16.3. The van der Waals surface area contributed by atoms with Crippen LogP contribution in [-0.4, -0.2) is 13.1 Å². The van der Waals surface area contributed by atoms with Crippen molar-refractivity contribution in [2.45, 2.75) is 26.9 Å². The van der Waals surface area contributed by atoms with Crippen molar-refractivity contribution in [2.24, 2.45) is 0 Å². The third-order valence-corrected chi connectivity index (χ3v) is 4.52. The fourth-order valence-corrected chi connectivity index (χ4v) is 3.14. The summed E-state index contributed by atoms with van der Waals surface area (Å²) in [6.45, 7) is 4.79. The molecule has 0 amide bonds. The van der Waals surface area contributed by atoms with Crippen LogP contribution in [0.5, 0.6) is 5.75 Å². The Kier molecular flexibility index (Phi) is 5.64. The number of esters is 1. The summed E-state index contributed by atoms with van der Waals surface area (Å²) in [5.74, 6) is 0.516. The lowest BCUT2D eigenvalue weighted by atomic mass is 10.0. The summed E-state index contributed by atoms with van der Waals surface area (Å²) in [4.78, 5) is 24.4. The van der Waals surface area contributed by atoms with Gasteiger partial charge in [0.05, 0.1) is 18.1 Å². The number of benzene rings is 2. The van der Waals surface area contributed by atoms with Gasteiger partial charge >= 0.3 is 5.97 Å². The first kappa shape index (κ1) is 19.4. The van der Waals surface area contributed by atoms with Crippen LogP contribution in [-0.2, 0) is 9.53 Å². The number of hydrogen-bond acceptors (Lipinski definition) is 5. The van der Waals surface area contributed by atoms with Gasteiger partial charge in [0.1, 0.15) is 23.2 Å². The minimum atomic E-state index is -0.632. The Morgan fingerprint density at radius 1 is 1.11 bits per heavy atom. The highest BCUT2D eigenvalue weighted by molar-refractivity contribution is 5.85. The molecule has 28 heavy (non-hydrogen) atoms. The lowest BCUT2D eigenvalue weighted by molar-refractivity contribution is -0.145. The molecule has 3 aromatic rings. The molecule has 1 aromatic heterocycles. The van der Waals surface area contributed by atoms with Gasteiger partial charge in [-0.05, 0) is 37.6 Å². The highest BCUT2D eigenvalue weighted by atomic mass is 16.5. The van der Waals surface area contributed by atoms with Crippen molar-refractivity contribution in [1.29, 1.82) is 0 Å². The summed E-state index contributed by atoms with van der Waals surface area (Å²) in [5, 5.41) is 0.421. The molecule has 0 N–H and O–H groups in total. The van der Waals surface area contributed by atoms with Crippen LogP contribution in [0, 0.1) is 6.92 Å². The van der Waals surface area contributed by atoms with E-state index in [1.54, 1.807) is 32.1 Å². The molecule has 0 aliphatic carbocycles. The third kappa shape index (κ3) is 3.83. The van der Waals surface area contributed by atoms with Crippen molar-refractivity contribution in [2.75, 3.05) is 7.11 Å². The predicted octanol–water partition coefficient (Wildman–Crippen LogP) is 4.90. The Hall–Kier alpha value is -3.34. The van der Waals surface area contributed by atoms with Crippen molar-refractivity contribution in [3.63, 3.8) is 0 Å². The van der Waals surface area contributed by atoms with Crippen LogP contribution in [0.25, 0.3) is 23.1 Å². The fraction of sp³-hybridized carbons (Fsp3) is 0.217. The number of ether oxygens (including phenoxy) is 2. The van der Waals surface area contributed by atoms with E-state index in [0.717, 1.165) is 5.56 Å². The first-order valence-corrected chi connectivity index (χ1v) is 8.97. The van der Waals surface area contributed by atoms with Gasteiger partial charge in [0.2, 0.25) is 0 Å². The molecule has 3 rings (SSSR count). The molecule has 0 saturated carbocycles. The molecule has 0 radical (unpaired) electrons. The monoisotopic (exact) mass is 378 g/mol. The van der Waals surface area contributed by atoms with E-state index in [1.807, 2.05) is 36.4 Å². The highest BCUT2D eigenvalue weighted by Gasteiger charge is 2.22. The molecule has 0 aliphatic rings. The summed E-state index contributed by atoms with van der Waals surface area (Å²) in [5.41, 5.74) is 2.26. The Labute approximate surface area is 163 Å². The molecular formula is C23H22O5. The molecule has 1 unspecified atom stereocenters. The number of methoxy groups -OCH3 is 1. The fourth-order valence-electron chi connectivity index (χ4n) is 3.14. The van der Waals surface area contributed by atoms with Gasteiger partial charge < -0.3 is 13.9 Å². The normalized spacial score (nSPS) is 12.3. The number of carbonyl (C=O) groups excluding carboxylic acids is 1. The average molecular weight is 378 g/mol. The van der Waals surface area contributed by atoms with Gasteiger partial charge in [0.25, 0.3) is 0 Å². The Morgan fingerprint density at radius 3 is 2.46 bits per heavy atom. The van der Waals surface area contributed by atoms with Gasteiger partial charge in [-0.15, -0.1) is 0 Å². The van der Waals surface area contributed by atoms with Crippen LogP contribution in [0.1, 0.15) is 42.4 Å². The van der Waals surface area contributed by atoms with Gasteiger partial charge in [-0.3, -0.25) is 9.59 Å². The summed E-state index contributed by atoms with van der Waals surface area (Å²) >= 11 is 0. The van der Waals surface area contributed by atoms with E-state index < -0.39 is 12.1 Å². The molecule has 1 atom stereocenters. The second-order valence-corrected chi connectivity index (χ2v) is 6.47. The van der Waals surface area contributed by atoms with Crippen LogP contribution in [0.3, 0.4) is 0 Å². The topological polar surface area (TPSA) is 65.7 Å². The van der Waals surface area contributed by atoms with E-state index in [2.05, 4.69) is 0 Å². The smallest absolute Gasteiger partial charge is 0.303 e. The van der Waals surface area contributed by atoms with Gasteiger partial charge in [-0.1, -0.05) is 36.4 Å². The van der Waals surface area contributed by atoms with Crippen LogP contribution < -0.4 is 10.2 Å². The molecule has 5 nitrogen and oxygen atoms in total. The zero-order valence-corrected chi connectivity index (χ0v) is 16.3. The summed E-state index contributed by atoms with van der Waals surface area (Å²) in [6, 6.07) is 13.1. The van der Waals surface area contributed by atoms with Gasteiger partial charge in [-0.2, -0.15) is 0 Å². The first-order chi connectivity index (χ1) is 13.4. The van der Waals surface area contributed by atoms with E-state index >= 15 is 0 Å². The Balaban J connectivity index is 2.22. The van der Waals surface area contributed by atoms with Crippen LogP contribution in [0.15, 0.2) is 51.7 Å². The SMILES string of the molecule is COc1ccc2c(=O)c(C)c(/C=C/c3ccccc3)oc2c1C(C)OC(C)=O. The molecule has 1 heterocycles. The molecule has 0 saturated heterocycles. The summed E-state index contributed by atoms with van der Waals surface area (Å²) in [6.07, 6.45) is 3.02. The van der Waals surface area contributed by atoms with Gasteiger partial charge in [-0.25, -0.2) is 0 Å². The van der Waals surface area contributed by atoms with Gasteiger partial charge in [0, 0.05) is 12.5 Å². The maximum Gasteiger partial charge on any atom is 0.303 e. The first-order valence-electron chi connectivity index (χ1n) is 8.97. The van der Waals surface area contributed by atoms with E-state index in [0.29, 0.717) is 33.6 Å². The van der Waals surface area contributed by atoms with Crippen molar-refractivity contribution < 1.29 is 18.7 Å². The number of fused-ring (bicyclic) bond motifs is 1. The minimum Gasteiger partial charge on any atom is -0.496 e. The van der Waals surface area contributed by atoms with E-state index in [4.69, 9.17) is 13.9 Å². The van der Waals surface area contributed by atoms with Crippen molar-refractivity contribution in [1.82, 2.24) is 0 Å². The van der Waals surface area contributed by atoms with Crippen molar-refractivity contribution in [3.05, 3.63) is 75.1 Å². The number of hydrogen-bond donors (Lipinski definition) is 0. The second kappa shape index (κ2) is 8.13. The Bertz CT molecular complexity index is 1090. The number of rotatable bonds is 5. The molecule has 0 aliphatic heterocycles. The molecule has 0 bridgehead atoms. The summed E-state index contributed by atoms with van der Waals surface area (Å²) in [7, 11) is 1.52.